The van der Waals surface area contributed by atoms with Crippen molar-refractivity contribution in [3.63, 3.8) is 0 Å². The maximum atomic E-state index is 9.64. The molecule has 86 valence electrons. The number of benzene rings is 1. The van der Waals surface area contributed by atoms with E-state index in [0.29, 0.717) is 10.7 Å². The monoisotopic (exact) mass is 245 g/mol. The van der Waals surface area contributed by atoms with Crippen molar-refractivity contribution < 1.29 is 5.11 Å². The molecule has 0 fully saturated rings. The SMILES string of the molecule is Cc1ccc(O)c(C=Cc2ccccc2Cl)n1. The smallest absolute Gasteiger partial charge is 0.141 e. The fourth-order valence-electron chi connectivity index (χ4n) is 1.47. The molecule has 3 heteroatoms. The minimum Gasteiger partial charge on any atom is -0.506 e. The fraction of sp³-hybridized carbons (Fsp3) is 0.0714. The summed E-state index contributed by atoms with van der Waals surface area (Å²) in [6, 6.07) is 10.9. The van der Waals surface area contributed by atoms with Gasteiger partial charge in [0.15, 0.2) is 0 Å². The fourth-order valence-corrected chi connectivity index (χ4v) is 1.67. The normalized spacial score (nSPS) is 10.9. The van der Waals surface area contributed by atoms with E-state index in [0.717, 1.165) is 11.3 Å². The summed E-state index contributed by atoms with van der Waals surface area (Å²) in [6.07, 6.45) is 3.59. The van der Waals surface area contributed by atoms with E-state index in [-0.39, 0.29) is 5.75 Å². The van der Waals surface area contributed by atoms with E-state index in [2.05, 4.69) is 4.98 Å². The average Bonchev–Trinajstić information content (AvgIpc) is 2.32. The van der Waals surface area contributed by atoms with Crippen molar-refractivity contribution in [2.75, 3.05) is 0 Å². The molecule has 1 aromatic heterocycles. The van der Waals surface area contributed by atoms with Gasteiger partial charge in [-0.2, -0.15) is 0 Å². The lowest BCUT2D eigenvalue weighted by Crippen LogP contribution is -1.85. The Morgan fingerprint density at radius 1 is 1.12 bits per heavy atom. The van der Waals surface area contributed by atoms with Crippen molar-refractivity contribution in [2.24, 2.45) is 0 Å². The third-order valence-electron chi connectivity index (χ3n) is 2.37. The minimum absolute atomic E-state index is 0.166. The number of aryl methyl sites for hydroxylation is 1. The van der Waals surface area contributed by atoms with Crippen LogP contribution in [0.1, 0.15) is 17.0 Å². The molecule has 0 radical (unpaired) electrons. The number of pyridine rings is 1. The highest BCUT2D eigenvalue weighted by molar-refractivity contribution is 6.32. The van der Waals surface area contributed by atoms with Crippen LogP contribution in [0.2, 0.25) is 5.02 Å². The van der Waals surface area contributed by atoms with Gasteiger partial charge in [0.2, 0.25) is 0 Å². The Balaban J connectivity index is 2.32. The van der Waals surface area contributed by atoms with Crippen LogP contribution < -0.4 is 0 Å². The predicted octanol–water partition coefficient (Wildman–Crippen LogP) is 3.92. The van der Waals surface area contributed by atoms with Crippen molar-refractivity contribution in [1.29, 1.82) is 0 Å². The molecular formula is C14H12ClNO. The largest absolute Gasteiger partial charge is 0.506 e. The van der Waals surface area contributed by atoms with Crippen molar-refractivity contribution >= 4 is 23.8 Å². The van der Waals surface area contributed by atoms with Crippen LogP contribution >= 0.6 is 11.6 Å². The summed E-state index contributed by atoms with van der Waals surface area (Å²) in [4.78, 5) is 4.24. The van der Waals surface area contributed by atoms with E-state index in [9.17, 15) is 5.11 Å². The molecule has 0 aliphatic heterocycles. The summed E-state index contributed by atoms with van der Waals surface area (Å²) >= 11 is 6.03. The van der Waals surface area contributed by atoms with Gasteiger partial charge in [0.25, 0.3) is 0 Å². The molecule has 2 aromatic rings. The second-order valence-electron chi connectivity index (χ2n) is 3.71. The molecule has 1 heterocycles. The quantitative estimate of drug-likeness (QED) is 0.870. The molecule has 17 heavy (non-hydrogen) atoms. The number of halogens is 1. The van der Waals surface area contributed by atoms with Gasteiger partial charge < -0.3 is 5.11 Å². The summed E-state index contributed by atoms with van der Waals surface area (Å²) in [6.45, 7) is 1.88. The lowest BCUT2D eigenvalue weighted by Gasteiger charge is -2.00. The Hall–Kier alpha value is -1.80. The first-order valence-corrected chi connectivity index (χ1v) is 5.64. The molecule has 0 unspecified atom stereocenters. The molecule has 1 aromatic carbocycles. The maximum absolute atomic E-state index is 9.64. The van der Waals surface area contributed by atoms with Crippen LogP contribution in [0.15, 0.2) is 36.4 Å². The molecule has 2 nitrogen and oxygen atoms in total. The molecule has 0 aliphatic carbocycles. The van der Waals surface area contributed by atoms with E-state index < -0.39 is 0 Å². The minimum atomic E-state index is 0.166. The second kappa shape index (κ2) is 5.02. The van der Waals surface area contributed by atoms with Crippen molar-refractivity contribution in [2.45, 2.75) is 6.92 Å². The van der Waals surface area contributed by atoms with E-state index in [4.69, 9.17) is 11.6 Å². The van der Waals surface area contributed by atoms with Crippen LogP contribution in [0, 0.1) is 6.92 Å². The zero-order valence-corrected chi connectivity index (χ0v) is 10.1. The third kappa shape index (κ3) is 2.86. The van der Waals surface area contributed by atoms with Crippen molar-refractivity contribution in [3.05, 3.63) is 58.4 Å². The predicted molar refractivity (Wildman–Crippen MR) is 71.0 cm³/mol. The molecule has 0 atom stereocenters. The van der Waals surface area contributed by atoms with Crippen LogP contribution in [0.5, 0.6) is 5.75 Å². The number of aromatic hydroxyl groups is 1. The number of rotatable bonds is 2. The maximum Gasteiger partial charge on any atom is 0.141 e. The Bertz CT molecular complexity index is 564. The third-order valence-corrected chi connectivity index (χ3v) is 2.71. The first-order chi connectivity index (χ1) is 8.16. The number of hydrogen-bond acceptors (Lipinski definition) is 2. The molecule has 1 N–H and O–H groups in total. The van der Waals surface area contributed by atoms with Gasteiger partial charge in [-0.25, -0.2) is 4.98 Å². The van der Waals surface area contributed by atoms with Crippen LogP contribution in [-0.4, -0.2) is 10.1 Å². The molecule has 0 bridgehead atoms. The summed E-state index contributed by atoms with van der Waals surface area (Å²) in [5.74, 6) is 0.166. The Labute approximate surface area is 105 Å². The van der Waals surface area contributed by atoms with Gasteiger partial charge in [-0.3, -0.25) is 0 Å². The first-order valence-electron chi connectivity index (χ1n) is 5.26. The highest BCUT2D eigenvalue weighted by Gasteiger charge is 1.99. The molecule has 0 saturated heterocycles. The summed E-state index contributed by atoms with van der Waals surface area (Å²) < 4.78 is 0. The van der Waals surface area contributed by atoms with Gasteiger partial charge in [-0.15, -0.1) is 0 Å². The van der Waals surface area contributed by atoms with E-state index in [1.54, 1.807) is 18.2 Å². The van der Waals surface area contributed by atoms with E-state index >= 15 is 0 Å². The van der Waals surface area contributed by atoms with Gasteiger partial charge >= 0.3 is 0 Å². The Morgan fingerprint density at radius 2 is 1.88 bits per heavy atom. The first kappa shape index (κ1) is 11.7. The summed E-state index contributed by atoms with van der Waals surface area (Å²) in [5, 5.41) is 10.3. The zero-order chi connectivity index (χ0) is 12.3. The standard InChI is InChI=1S/C14H12ClNO/c1-10-6-9-14(17)13(16-10)8-7-11-4-2-3-5-12(11)15/h2-9,17H,1H3. The molecule has 0 spiro atoms. The van der Waals surface area contributed by atoms with Crippen LogP contribution in [0.4, 0.5) is 0 Å². The van der Waals surface area contributed by atoms with Crippen LogP contribution in [-0.2, 0) is 0 Å². The van der Waals surface area contributed by atoms with Crippen molar-refractivity contribution in [1.82, 2.24) is 4.98 Å². The average molecular weight is 246 g/mol. The lowest BCUT2D eigenvalue weighted by atomic mass is 10.2. The van der Waals surface area contributed by atoms with E-state index in [1.807, 2.05) is 37.3 Å². The summed E-state index contributed by atoms with van der Waals surface area (Å²) in [7, 11) is 0. The zero-order valence-electron chi connectivity index (χ0n) is 9.39. The van der Waals surface area contributed by atoms with Gasteiger partial charge in [0.05, 0.1) is 0 Å². The molecular weight excluding hydrogens is 234 g/mol. The van der Waals surface area contributed by atoms with Gasteiger partial charge in [-0.05, 0) is 36.8 Å². The summed E-state index contributed by atoms with van der Waals surface area (Å²) in [5.41, 5.74) is 2.31. The van der Waals surface area contributed by atoms with Gasteiger partial charge in [0.1, 0.15) is 11.4 Å². The molecule has 0 amide bonds. The van der Waals surface area contributed by atoms with E-state index in [1.165, 1.54) is 0 Å². The molecule has 0 aliphatic rings. The number of aromatic nitrogens is 1. The topological polar surface area (TPSA) is 33.1 Å². The van der Waals surface area contributed by atoms with Crippen LogP contribution in [0.3, 0.4) is 0 Å². The Morgan fingerprint density at radius 3 is 2.65 bits per heavy atom. The van der Waals surface area contributed by atoms with Crippen molar-refractivity contribution in [3.8, 4) is 5.75 Å². The number of nitrogens with zero attached hydrogens (tertiary/aromatic N) is 1. The number of hydrogen-bond donors (Lipinski definition) is 1. The Kier molecular flexibility index (Phi) is 3.45. The van der Waals surface area contributed by atoms with Crippen LogP contribution in [0.25, 0.3) is 12.2 Å². The molecule has 2 rings (SSSR count). The second-order valence-corrected chi connectivity index (χ2v) is 4.12. The highest BCUT2D eigenvalue weighted by Crippen LogP contribution is 2.20. The van der Waals surface area contributed by atoms with Gasteiger partial charge in [-0.1, -0.05) is 35.9 Å². The molecule has 0 saturated carbocycles. The lowest BCUT2D eigenvalue weighted by molar-refractivity contribution is 0.471. The van der Waals surface area contributed by atoms with Gasteiger partial charge in [0, 0.05) is 10.7 Å². The highest BCUT2D eigenvalue weighted by atomic mass is 35.5.